The molecule has 0 aliphatic heterocycles. The van der Waals surface area contributed by atoms with Gasteiger partial charge in [0.1, 0.15) is 0 Å². The molecule has 0 aromatic carbocycles. The molecule has 19 heavy (non-hydrogen) atoms. The normalized spacial score (nSPS) is 12.5. The van der Waals surface area contributed by atoms with E-state index < -0.39 is 5.97 Å². The average Bonchev–Trinajstić information content (AvgIpc) is 2.39. The molecule has 0 radical (unpaired) electrons. The SMILES string of the molecule is CCCCCCC[C@@H](CCCCCC)CCC(=O)O. The van der Waals surface area contributed by atoms with E-state index in [-0.39, 0.29) is 0 Å². The Morgan fingerprint density at radius 2 is 1.26 bits per heavy atom. The summed E-state index contributed by atoms with van der Waals surface area (Å²) >= 11 is 0. The number of hydrogen-bond donors (Lipinski definition) is 1. The van der Waals surface area contributed by atoms with Crippen LogP contribution in [0.1, 0.15) is 97.3 Å². The Kier molecular flexibility index (Phi) is 13.5. The minimum Gasteiger partial charge on any atom is -0.481 e. The van der Waals surface area contributed by atoms with Crippen LogP contribution in [0.5, 0.6) is 0 Å². The minimum atomic E-state index is -0.635. The van der Waals surface area contributed by atoms with E-state index in [0.717, 1.165) is 6.42 Å². The van der Waals surface area contributed by atoms with E-state index in [9.17, 15) is 4.79 Å². The first-order chi connectivity index (χ1) is 9.20. The summed E-state index contributed by atoms with van der Waals surface area (Å²) < 4.78 is 0. The van der Waals surface area contributed by atoms with Gasteiger partial charge in [-0.25, -0.2) is 0 Å². The lowest BCUT2D eigenvalue weighted by Crippen LogP contribution is -2.05. The van der Waals surface area contributed by atoms with Gasteiger partial charge in [-0.05, 0) is 12.3 Å². The van der Waals surface area contributed by atoms with Gasteiger partial charge in [0.15, 0.2) is 0 Å². The van der Waals surface area contributed by atoms with Crippen molar-refractivity contribution >= 4 is 5.97 Å². The number of hydrogen-bond acceptors (Lipinski definition) is 1. The van der Waals surface area contributed by atoms with Crippen molar-refractivity contribution in [1.82, 2.24) is 0 Å². The standard InChI is InChI=1S/C17H34O2/c1-3-5-7-9-11-13-16(14-15-17(18)19)12-10-8-6-4-2/h16H,3-15H2,1-2H3,(H,18,19)/t16-/m1/s1. The van der Waals surface area contributed by atoms with Gasteiger partial charge in [0.2, 0.25) is 0 Å². The topological polar surface area (TPSA) is 37.3 Å². The maximum Gasteiger partial charge on any atom is 0.303 e. The van der Waals surface area contributed by atoms with Gasteiger partial charge in [0, 0.05) is 6.42 Å². The summed E-state index contributed by atoms with van der Waals surface area (Å²) in [4.78, 5) is 10.7. The number of carbonyl (C=O) groups is 1. The molecular weight excluding hydrogens is 236 g/mol. The van der Waals surface area contributed by atoms with Crippen molar-refractivity contribution in [3.63, 3.8) is 0 Å². The van der Waals surface area contributed by atoms with Crippen molar-refractivity contribution in [2.45, 2.75) is 97.3 Å². The fraction of sp³-hybridized carbons (Fsp3) is 0.941. The first kappa shape index (κ1) is 18.5. The molecule has 0 bridgehead atoms. The number of rotatable bonds is 14. The average molecular weight is 270 g/mol. The summed E-state index contributed by atoms with van der Waals surface area (Å²) in [6.45, 7) is 4.47. The second-order valence-corrected chi connectivity index (χ2v) is 5.85. The van der Waals surface area contributed by atoms with Crippen LogP contribution in [0.25, 0.3) is 0 Å². The Bertz CT molecular complexity index is 201. The molecule has 114 valence electrons. The van der Waals surface area contributed by atoms with Crippen LogP contribution in [-0.4, -0.2) is 11.1 Å². The molecule has 0 saturated heterocycles. The van der Waals surface area contributed by atoms with Crippen molar-refractivity contribution in [3.05, 3.63) is 0 Å². The smallest absolute Gasteiger partial charge is 0.303 e. The van der Waals surface area contributed by atoms with Gasteiger partial charge in [0.05, 0.1) is 0 Å². The molecule has 2 heteroatoms. The summed E-state index contributed by atoms with van der Waals surface area (Å²) in [6.07, 6.45) is 15.5. The van der Waals surface area contributed by atoms with Gasteiger partial charge in [-0.3, -0.25) is 4.79 Å². The maximum atomic E-state index is 10.7. The first-order valence-corrected chi connectivity index (χ1v) is 8.42. The van der Waals surface area contributed by atoms with E-state index in [1.165, 1.54) is 70.6 Å². The molecule has 0 heterocycles. The van der Waals surface area contributed by atoms with E-state index in [4.69, 9.17) is 5.11 Å². The summed E-state index contributed by atoms with van der Waals surface area (Å²) in [6, 6.07) is 0. The third-order valence-electron chi connectivity index (χ3n) is 3.95. The fourth-order valence-electron chi connectivity index (χ4n) is 2.66. The van der Waals surface area contributed by atoms with Crippen molar-refractivity contribution in [3.8, 4) is 0 Å². The van der Waals surface area contributed by atoms with Crippen LogP contribution in [0.2, 0.25) is 0 Å². The third-order valence-corrected chi connectivity index (χ3v) is 3.95. The largest absolute Gasteiger partial charge is 0.481 e. The van der Waals surface area contributed by atoms with E-state index in [2.05, 4.69) is 13.8 Å². The molecule has 0 fully saturated rings. The Hall–Kier alpha value is -0.530. The summed E-state index contributed by atoms with van der Waals surface area (Å²) in [5.41, 5.74) is 0. The van der Waals surface area contributed by atoms with Crippen LogP contribution >= 0.6 is 0 Å². The van der Waals surface area contributed by atoms with Crippen LogP contribution in [0.15, 0.2) is 0 Å². The Labute approximate surface area is 120 Å². The highest BCUT2D eigenvalue weighted by molar-refractivity contribution is 5.66. The predicted molar refractivity (Wildman–Crippen MR) is 82.5 cm³/mol. The molecule has 0 aromatic rings. The lowest BCUT2D eigenvalue weighted by Gasteiger charge is -2.15. The molecule has 0 unspecified atom stereocenters. The van der Waals surface area contributed by atoms with Crippen LogP contribution in [-0.2, 0) is 4.79 Å². The van der Waals surface area contributed by atoms with Gasteiger partial charge in [-0.2, -0.15) is 0 Å². The molecule has 0 saturated carbocycles. The Balaban J connectivity index is 3.72. The van der Waals surface area contributed by atoms with Crippen LogP contribution in [0.3, 0.4) is 0 Å². The number of carboxylic acids is 1. The lowest BCUT2D eigenvalue weighted by molar-refractivity contribution is -0.137. The van der Waals surface area contributed by atoms with Crippen LogP contribution in [0, 0.1) is 5.92 Å². The zero-order valence-corrected chi connectivity index (χ0v) is 13.1. The fourth-order valence-corrected chi connectivity index (χ4v) is 2.66. The zero-order valence-electron chi connectivity index (χ0n) is 13.1. The van der Waals surface area contributed by atoms with Gasteiger partial charge < -0.3 is 5.11 Å². The van der Waals surface area contributed by atoms with E-state index in [1.54, 1.807) is 0 Å². The zero-order chi connectivity index (χ0) is 14.3. The van der Waals surface area contributed by atoms with Crippen molar-refractivity contribution in [2.24, 2.45) is 5.92 Å². The molecule has 1 N–H and O–H groups in total. The van der Waals surface area contributed by atoms with Crippen LogP contribution in [0.4, 0.5) is 0 Å². The van der Waals surface area contributed by atoms with Gasteiger partial charge in [0.25, 0.3) is 0 Å². The lowest BCUT2D eigenvalue weighted by atomic mass is 9.90. The number of carboxylic acid groups (broad SMARTS) is 1. The second-order valence-electron chi connectivity index (χ2n) is 5.85. The highest BCUT2D eigenvalue weighted by Gasteiger charge is 2.10. The van der Waals surface area contributed by atoms with Crippen molar-refractivity contribution in [1.29, 1.82) is 0 Å². The first-order valence-electron chi connectivity index (χ1n) is 8.42. The van der Waals surface area contributed by atoms with E-state index >= 15 is 0 Å². The monoisotopic (exact) mass is 270 g/mol. The van der Waals surface area contributed by atoms with Gasteiger partial charge >= 0.3 is 5.97 Å². The highest BCUT2D eigenvalue weighted by atomic mass is 16.4. The molecule has 0 rings (SSSR count). The summed E-state index contributed by atoms with van der Waals surface area (Å²) in [5, 5.41) is 8.81. The molecule has 0 aliphatic carbocycles. The summed E-state index contributed by atoms with van der Waals surface area (Å²) in [5.74, 6) is 0.0131. The molecule has 0 aliphatic rings. The molecule has 0 aromatic heterocycles. The van der Waals surface area contributed by atoms with Gasteiger partial charge in [-0.1, -0.05) is 84.5 Å². The predicted octanol–water partition coefficient (Wildman–Crippen LogP) is 5.80. The van der Waals surface area contributed by atoms with Gasteiger partial charge in [-0.15, -0.1) is 0 Å². The summed E-state index contributed by atoms with van der Waals surface area (Å²) in [7, 11) is 0. The van der Waals surface area contributed by atoms with Crippen molar-refractivity contribution < 1.29 is 9.90 Å². The van der Waals surface area contributed by atoms with E-state index in [0.29, 0.717) is 12.3 Å². The Morgan fingerprint density at radius 1 is 0.789 bits per heavy atom. The molecule has 2 nitrogen and oxygen atoms in total. The van der Waals surface area contributed by atoms with Crippen LogP contribution < -0.4 is 0 Å². The number of aliphatic carboxylic acids is 1. The molecule has 0 amide bonds. The highest BCUT2D eigenvalue weighted by Crippen LogP contribution is 2.23. The van der Waals surface area contributed by atoms with Crippen molar-refractivity contribution in [2.75, 3.05) is 0 Å². The maximum absolute atomic E-state index is 10.7. The molecule has 0 spiro atoms. The van der Waals surface area contributed by atoms with E-state index in [1.807, 2.05) is 0 Å². The molecular formula is C17H34O2. The third kappa shape index (κ3) is 13.7. The molecule has 1 atom stereocenters. The second kappa shape index (κ2) is 13.9. The number of unbranched alkanes of at least 4 members (excludes halogenated alkanes) is 7. The minimum absolute atomic E-state index is 0.355. The quantitative estimate of drug-likeness (QED) is 0.405. The Morgan fingerprint density at radius 3 is 1.74 bits per heavy atom.